The van der Waals surface area contributed by atoms with Crippen molar-refractivity contribution in [2.45, 2.75) is 25.8 Å². The molecule has 0 aliphatic carbocycles. The van der Waals surface area contributed by atoms with Crippen molar-refractivity contribution in [2.75, 3.05) is 0 Å². The van der Waals surface area contributed by atoms with Crippen molar-refractivity contribution in [1.82, 2.24) is 5.32 Å². The maximum Gasteiger partial charge on any atom is 0.326 e. The third-order valence-electron chi connectivity index (χ3n) is 2.78. The lowest BCUT2D eigenvalue weighted by molar-refractivity contribution is -0.140. The van der Waals surface area contributed by atoms with Gasteiger partial charge < -0.3 is 15.5 Å². The van der Waals surface area contributed by atoms with Crippen molar-refractivity contribution in [3.05, 3.63) is 41.5 Å². The molecular weight excluding hydrogens is 274 g/mol. The van der Waals surface area contributed by atoms with Crippen LogP contribution in [0.5, 0.6) is 0 Å². The van der Waals surface area contributed by atoms with Crippen molar-refractivity contribution in [1.29, 1.82) is 0 Å². The average molecular weight is 291 g/mol. The summed E-state index contributed by atoms with van der Waals surface area (Å²) >= 11 is 0. The SMILES string of the molecule is CC=Cc1ccc(C(=O)N[C@@H](CCC(=O)O)C(=O)O)cc1. The molecule has 6 heteroatoms. The molecule has 0 bridgehead atoms. The van der Waals surface area contributed by atoms with Crippen molar-refractivity contribution >= 4 is 23.9 Å². The molecule has 0 unspecified atom stereocenters. The van der Waals surface area contributed by atoms with Gasteiger partial charge in [-0.05, 0) is 31.0 Å². The number of aliphatic carboxylic acids is 2. The maximum absolute atomic E-state index is 11.9. The third-order valence-corrected chi connectivity index (χ3v) is 2.78. The summed E-state index contributed by atoms with van der Waals surface area (Å²) in [4.78, 5) is 33.4. The lowest BCUT2D eigenvalue weighted by atomic mass is 10.1. The highest BCUT2D eigenvalue weighted by atomic mass is 16.4. The molecule has 3 N–H and O–H groups in total. The van der Waals surface area contributed by atoms with Crippen LogP contribution >= 0.6 is 0 Å². The Balaban J connectivity index is 2.72. The van der Waals surface area contributed by atoms with Gasteiger partial charge in [-0.15, -0.1) is 0 Å². The summed E-state index contributed by atoms with van der Waals surface area (Å²) in [7, 11) is 0. The van der Waals surface area contributed by atoms with Gasteiger partial charge in [0, 0.05) is 12.0 Å². The van der Waals surface area contributed by atoms with Gasteiger partial charge >= 0.3 is 11.9 Å². The van der Waals surface area contributed by atoms with Crippen molar-refractivity contribution in [3.8, 4) is 0 Å². The number of carbonyl (C=O) groups is 3. The van der Waals surface area contributed by atoms with E-state index in [4.69, 9.17) is 10.2 Å². The van der Waals surface area contributed by atoms with Crippen LogP contribution < -0.4 is 5.32 Å². The summed E-state index contributed by atoms with van der Waals surface area (Å²) in [5, 5.41) is 19.9. The zero-order chi connectivity index (χ0) is 15.8. The van der Waals surface area contributed by atoms with Crippen LogP contribution in [0.1, 0.15) is 35.7 Å². The number of carboxylic acid groups (broad SMARTS) is 2. The Morgan fingerprint density at radius 1 is 1.19 bits per heavy atom. The Hall–Kier alpha value is -2.63. The Kier molecular flexibility index (Phi) is 6.13. The molecule has 112 valence electrons. The molecule has 0 fully saturated rings. The summed E-state index contributed by atoms with van der Waals surface area (Å²) in [5.41, 5.74) is 1.25. The van der Waals surface area contributed by atoms with Gasteiger partial charge in [0.05, 0.1) is 0 Å². The number of benzene rings is 1. The molecule has 0 radical (unpaired) electrons. The number of allylic oxidation sites excluding steroid dienone is 1. The van der Waals surface area contributed by atoms with Crippen molar-refractivity contribution in [2.24, 2.45) is 0 Å². The molecule has 0 saturated heterocycles. The summed E-state index contributed by atoms with van der Waals surface area (Å²) in [5.74, 6) is -2.90. The quantitative estimate of drug-likeness (QED) is 0.710. The van der Waals surface area contributed by atoms with E-state index >= 15 is 0 Å². The first-order chi connectivity index (χ1) is 9.93. The summed E-state index contributed by atoms with van der Waals surface area (Å²) in [6, 6.07) is 5.43. The molecule has 1 atom stereocenters. The summed E-state index contributed by atoms with van der Waals surface area (Å²) in [6.45, 7) is 1.88. The average Bonchev–Trinajstić information content (AvgIpc) is 2.43. The number of carboxylic acids is 2. The second-order valence-electron chi connectivity index (χ2n) is 4.42. The highest BCUT2D eigenvalue weighted by Crippen LogP contribution is 2.07. The minimum absolute atomic E-state index is 0.160. The molecule has 0 heterocycles. The summed E-state index contributed by atoms with van der Waals surface area (Å²) < 4.78 is 0. The van der Waals surface area contributed by atoms with E-state index in [2.05, 4.69) is 5.32 Å². The largest absolute Gasteiger partial charge is 0.481 e. The van der Waals surface area contributed by atoms with E-state index < -0.39 is 23.9 Å². The predicted molar refractivity (Wildman–Crippen MR) is 76.9 cm³/mol. The molecule has 1 rings (SSSR count). The first kappa shape index (κ1) is 16.4. The Bertz CT molecular complexity index is 548. The zero-order valence-electron chi connectivity index (χ0n) is 11.6. The van der Waals surface area contributed by atoms with Gasteiger partial charge in [0.25, 0.3) is 5.91 Å². The van der Waals surface area contributed by atoms with Crippen molar-refractivity contribution in [3.63, 3.8) is 0 Å². The van der Waals surface area contributed by atoms with E-state index in [0.29, 0.717) is 5.56 Å². The molecule has 0 spiro atoms. The number of nitrogens with one attached hydrogen (secondary N) is 1. The topological polar surface area (TPSA) is 104 Å². The van der Waals surface area contributed by atoms with E-state index in [0.717, 1.165) is 5.56 Å². The molecule has 1 aromatic carbocycles. The van der Waals surface area contributed by atoms with Crippen LogP contribution in [0.3, 0.4) is 0 Å². The van der Waals surface area contributed by atoms with E-state index in [-0.39, 0.29) is 12.8 Å². The van der Waals surface area contributed by atoms with Crippen LogP contribution in [0, 0.1) is 0 Å². The lowest BCUT2D eigenvalue weighted by Gasteiger charge is -2.13. The molecule has 0 aromatic heterocycles. The van der Waals surface area contributed by atoms with E-state index in [1.54, 1.807) is 24.3 Å². The lowest BCUT2D eigenvalue weighted by Crippen LogP contribution is -2.41. The van der Waals surface area contributed by atoms with E-state index in [9.17, 15) is 14.4 Å². The molecular formula is C15H17NO5. The van der Waals surface area contributed by atoms with Gasteiger partial charge in [-0.25, -0.2) is 4.79 Å². The first-order valence-corrected chi connectivity index (χ1v) is 6.42. The smallest absolute Gasteiger partial charge is 0.326 e. The maximum atomic E-state index is 11.9. The van der Waals surface area contributed by atoms with E-state index in [1.807, 2.05) is 19.1 Å². The van der Waals surface area contributed by atoms with Crippen LogP contribution in [0.2, 0.25) is 0 Å². The highest BCUT2D eigenvalue weighted by molar-refractivity contribution is 5.96. The van der Waals surface area contributed by atoms with Crippen LogP contribution in [-0.4, -0.2) is 34.1 Å². The van der Waals surface area contributed by atoms with Gasteiger partial charge in [0.1, 0.15) is 6.04 Å². The number of hydrogen-bond acceptors (Lipinski definition) is 3. The van der Waals surface area contributed by atoms with Crippen LogP contribution in [0.25, 0.3) is 6.08 Å². The van der Waals surface area contributed by atoms with Crippen molar-refractivity contribution < 1.29 is 24.6 Å². The van der Waals surface area contributed by atoms with Crippen LogP contribution in [0.4, 0.5) is 0 Å². The molecule has 0 aliphatic heterocycles. The minimum atomic E-state index is -1.25. The van der Waals surface area contributed by atoms with Crippen LogP contribution in [-0.2, 0) is 9.59 Å². The van der Waals surface area contributed by atoms with Gasteiger partial charge in [0.15, 0.2) is 0 Å². The monoisotopic (exact) mass is 291 g/mol. The Morgan fingerprint density at radius 2 is 1.81 bits per heavy atom. The number of carbonyl (C=O) groups excluding carboxylic acids is 1. The number of hydrogen-bond donors (Lipinski definition) is 3. The fourth-order valence-corrected chi connectivity index (χ4v) is 1.70. The molecule has 0 aliphatic rings. The van der Waals surface area contributed by atoms with Gasteiger partial charge in [-0.2, -0.15) is 0 Å². The molecule has 1 amide bonds. The fraction of sp³-hybridized carbons (Fsp3) is 0.267. The molecule has 1 aromatic rings. The third kappa shape index (κ3) is 5.48. The normalized spacial score (nSPS) is 12.0. The number of amides is 1. The van der Waals surface area contributed by atoms with Gasteiger partial charge in [-0.1, -0.05) is 24.3 Å². The number of rotatable bonds is 7. The molecule has 21 heavy (non-hydrogen) atoms. The predicted octanol–water partition coefficient (Wildman–Crippen LogP) is 1.77. The Labute approximate surface area is 122 Å². The second-order valence-corrected chi connectivity index (χ2v) is 4.42. The molecule has 0 saturated carbocycles. The first-order valence-electron chi connectivity index (χ1n) is 6.42. The standard InChI is InChI=1S/C15H17NO5/c1-2-3-10-4-6-11(7-5-10)14(19)16-12(15(20)21)8-9-13(17)18/h2-7,12H,8-9H2,1H3,(H,16,19)(H,17,18)(H,20,21)/t12-/m0/s1. The van der Waals surface area contributed by atoms with Crippen LogP contribution in [0.15, 0.2) is 30.3 Å². The zero-order valence-corrected chi connectivity index (χ0v) is 11.6. The highest BCUT2D eigenvalue weighted by Gasteiger charge is 2.21. The summed E-state index contributed by atoms with van der Waals surface area (Å²) in [6.07, 6.45) is 3.25. The minimum Gasteiger partial charge on any atom is -0.481 e. The van der Waals surface area contributed by atoms with Gasteiger partial charge in [-0.3, -0.25) is 9.59 Å². The Morgan fingerprint density at radius 3 is 2.29 bits per heavy atom. The fourth-order valence-electron chi connectivity index (χ4n) is 1.70. The van der Waals surface area contributed by atoms with Gasteiger partial charge in [0.2, 0.25) is 0 Å². The molecule has 6 nitrogen and oxygen atoms in total. The second kappa shape index (κ2) is 7.84. The van der Waals surface area contributed by atoms with E-state index in [1.165, 1.54) is 0 Å².